The van der Waals surface area contributed by atoms with Crippen LogP contribution in [0.2, 0.25) is 0 Å². The van der Waals surface area contributed by atoms with E-state index in [4.69, 9.17) is 10.5 Å². The highest BCUT2D eigenvalue weighted by atomic mass is 16.5. The molecule has 0 saturated heterocycles. The number of anilines is 2. The van der Waals surface area contributed by atoms with Crippen molar-refractivity contribution in [1.82, 2.24) is 0 Å². The second-order valence-corrected chi connectivity index (χ2v) is 5.89. The Morgan fingerprint density at radius 2 is 1.96 bits per heavy atom. The largest absolute Gasteiger partial charge is 0.491 e. The van der Waals surface area contributed by atoms with Gasteiger partial charge in [-0.2, -0.15) is 0 Å². The normalized spacial score (nSPS) is 10.6. The first-order valence-corrected chi connectivity index (χ1v) is 7.86. The zero-order valence-corrected chi connectivity index (χ0v) is 13.9. The van der Waals surface area contributed by atoms with Crippen LogP contribution in [0.1, 0.15) is 31.4 Å². The van der Waals surface area contributed by atoms with Crippen LogP contribution >= 0.6 is 0 Å². The molecule has 0 aliphatic rings. The van der Waals surface area contributed by atoms with Gasteiger partial charge >= 0.3 is 0 Å². The summed E-state index contributed by atoms with van der Waals surface area (Å²) in [5.41, 5.74) is 9.40. The third-order valence-electron chi connectivity index (χ3n) is 3.50. The summed E-state index contributed by atoms with van der Waals surface area (Å²) in [6, 6.07) is 13.3. The second-order valence-electron chi connectivity index (χ2n) is 5.89. The molecule has 0 atom stereocenters. The number of rotatable bonds is 6. The maximum Gasteiger partial charge on any atom is 0.224 e. The molecule has 0 aliphatic carbocycles. The topological polar surface area (TPSA) is 64.4 Å². The summed E-state index contributed by atoms with van der Waals surface area (Å²) in [6.07, 6.45) is 1.16. The van der Waals surface area contributed by atoms with E-state index in [9.17, 15) is 4.79 Å². The van der Waals surface area contributed by atoms with Gasteiger partial charge in [0.1, 0.15) is 5.75 Å². The third kappa shape index (κ3) is 5.02. The van der Waals surface area contributed by atoms with Gasteiger partial charge in [-0.3, -0.25) is 4.79 Å². The molecule has 3 N–H and O–H groups in total. The van der Waals surface area contributed by atoms with Crippen LogP contribution in [0.4, 0.5) is 11.4 Å². The van der Waals surface area contributed by atoms with Crippen molar-refractivity contribution in [2.24, 2.45) is 0 Å². The first-order chi connectivity index (χ1) is 11.0. The van der Waals surface area contributed by atoms with Gasteiger partial charge in [0.05, 0.1) is 6.10 Å². The molecule has 0 spiro atoms. The minimum absolute atomic E-state index is 0.0230. The number of amides is 1. The molecule has 0 aliphatic heterocycles. The summed E-state index contributed by atoms with van der Waals surface area (Å²) in [5, 5.41) is 2.92. The fourth-order valence-electron chi connectivity index (χ4n) is 2.35. The van der Waals surface area contributed by atoms with Gasteiger partial charge < -0.3 is 15.8 Å². The van der Waals surface area contributed by atoms with E-state index in [0.717, 1.165) is 28.3 Å². The van der Waals surface area contributed by atoms with Crippen molar-refractivity contribution in [3.05, 3.63) is 53.6 Å². The number of carbonyl (C=O) groups is 1. The zero-order valence-electron chi connectivity index (χ0n) is 13.9. The zero-order chi connectivity index (χ0) is 16.8. The molecular formula is C19H24N2O2. The quantitative estimate of drug-likeness (QED) is 0.794. The number of ether oxygens (including phenoxy) is 1. The molecule has 122 valence electrons. The lowest BCUT2D eigenvalue weighted by Crippen LogP contribution is -2.13. The summed E-state index contributed by atoms with van der Waals surface area (Å²) in [5.74, 6) is 0.820. The molecule has 23 heavy (non-hydrogen) atoms. The fourth-order valence-corrected chi connectivity index (χ4v) is 2.35. The molecule has 2 aromatic rings. The maximum absolute atomic E-state index is 12.1. The lowest BCUT2D eigenvalue weighted by molar-refractivity contribution is -0.116. The number of hydrogen-bond donors (Lipinski definition) is 2. The lowest BCUT2D eigenvalue weighted by Gasteiger charge is -2.14. The van der Waals surface area contributed by atoms with Crippen LogP contribution in [-0.4, -0.2) is 12.0 Å². The van der Waals surface area contributed by atoms with E-state index in [1.807, 2.05) is 63.2 Å². The van der Waals surface area contributed by atoms with Gasteiger partial charge in [-0.25, -0.2) is 0 Å². The second kappa shape index (κ2) is 7.68. The Hall–Kier alpha value is -2.49. The lowest BCUT2D eigenvalue weighted by atomic mass is 10.1. The SMILES string of the molecule is Cc1cc(NC(=O)CCc2ccccc2N)ccc1OC(C)C. The third-order valence-corrected chi connectivity index (χ3v) is 3.50. The van der Waals surface area contributed by atoms with Crippen molar-refractivity contribution >= 4 is 17.3 Å². The van der Waals surface area contributed by atoms with Crippen molar-refractivity contribution < 1.29 is 9.53 Å². The van der Waals surface area contributed by atoms with Crippen LogP contribution < -0.4 is 15.8 Å². The van der Waals surface area contributed by atoms with Crippen LogP contribution in [0.15, 0.2) is 42.5 Å². The molecule has 2 rings (SSSR count). The summed E-state index contributed by atoms with van der Waals surface area (Å²) >= 11 is 0. The highest BCUT2D eigenvalue weighted by Crippen LogP contribution is 2.23. The van der Waals surface area contributed by atoms with Crippen LogP contribution in [-0.2, 0) is 11.2 Å². The molecule has 2 aromatic carbocycles. The number of carbonyl (C=O) groups excluding carboxylic acids is 1. The fraction of sp³-hybridized carbons (Fsp3) is 0.316. The number of nitrogen functional groups attached to an aromatic ring is 1. The van der Waals surface area contributed by atoms with Crippen LogP contribution in [0.25, 0.3) is 0 Å². The van der Waals surface area contributed by atoms with Crippen molar-refractivity contribution in [3.63, 3.8) is 0 Å². The van der Waals surface area contributed by atoms with Gasteiger partial charge in [0.25, 0.3) is 0 Å². The predicted octanol–water partition coefficient (Wildman–Crippen LogP) is 3.94. The van der Waals surface area contributed by atoms with Gasteiger partial charge in [-0.1, -0.05) is 18.2 Å². The number of benzene rings is 2. The first kappa shape index (κ1) is 16.9. The number of aryl methyl sites for hydroxylation is 2. The Bertz CT molecular complexity index is 681. The number of hydrogen-bond acceptors (Lipinski definition) is 3. The molecule has 0 fully saturated rings. The Morgan fingerprint density at radius 3 is 2.61 bits per heavy atom. The molecule has 1 amide bonds. The van der Waals surface area contributed by atoms with Crippen LogP contribution in [0, 0.1) is 6.92 Å². The predicted molar refractivity (Wildman–Crippen MR) is 94.7 cm³/mol. The minimum atomic E-state index is -0.0230. The molecule has 0 unspecified atom stereocenters. The Morgan fingerprint density at radius 1 is 1.22 bits per heavy atom. The molecular weight excluding hydrogens is 288 g/mol. The average molecular weight is 312 g/mol. The molecule has 0 radical (unpaired) electrons. The first-order valence-electron chi connectivity index (χ1n) is 7.86. The van der Waals surface area contributed by atoms with Crippen LogP contribution in [0.5, 0.6) is 5.75 Å². The van der Waals surface area contributed by atoms with Gasteiger partial charge in [0.2, 0.25) is 5.91 Å². The Kier molecular flexibility index (Phi) is 5.63. The minimum Gasteiger partial charge on any atom is -0.491 e. The monoisotopic (exact) mass is 312 g/mol. The van der Waals surface area contributed by atoms with E-state index < -0.39 is 0 Å². The number of nitrogens with two attached hydrogens (primary N) is 1. The molecule has 4 nitrogen and oxygen atoms in total. The number of nitrogens with one attached hydrogen (secondary N) is 1. The molecule has 0 bridgehead atoms. The van der Waals surface area contributed by atoms with E-state index in [1.54, 1.807) is 0 Å². The molecule has 4 heteroatoms. The van der Waals surface area contributed by atoms with Gasteiger partial charge in [0.15, 0.2) is 0 Å². The van der Waals surface area contributed by atoms with Crippen LogP contribution in [0.3, 0.4) is 0 Å². The summed E-state index contributed by atoms with van der Waals surface area (Å²) < 4.78 is 5.70. The van der Waals surface area contributed by atoms with E-state index in [2.05, 4.69) is 5.32 Å². The maximum atomic E-state index is 12.1. The highest BCUT2D eigenvalue weighted by molar-refractivity contribution is 5.91. The molecule has 0 aromatic heterocycles. The Labute approximate surface area is 137 Å². The van der Waals surface area contributed by atoms with Crippen molar-refractivity contribution in [1.29, 1.82) is 0 Å². The van der Waals surface area contributed by atoms with Crippen molar-refractivity contribution in [2.75, 3.05) is 11.1 Å². The van der Waals surface area contributed by atoms with E-state index in [-0.39, 0.29) is 12.0 Å². The average Bonchev–Trinajstić information content (AvgIpc) is 2.49. The van der Waals surface area contributed by atoms with E-state index >= 15 is 0 Å². The van der Waals surface area contributed by atoms with Gasteiger partial charge in [-0.05, 0) is 62.6 Å². The van der Waals surface area contributed by atoms with E-state index in [0.29, 0.717) is 12.8 Å². The summed E-state index contributed by atoms with van der Waals surface area (Å²) in [7, 11) is 0. The van der Waals surface area contributed by atoms with E-state index in [1.165, 1.54) is 0 Å². The molecule has 0 heterocycles. The Balaban J connectivity index is 1.93. The van der Waals surface area contributed by atoms with Crippen molar-refractivity contribution in [3.8, 4) is 5.75 Å². The summed E-state index contributed by atoms with van der Waals surface area (Å²) in [4.78, 5) is 12.1. The van der Waals surface area contributed by atoms with Gasteiger partial charge in [-0.15, -0.1) is 0 Å². The standard InChI is InChI=1S/C19H24N2O2/c1-13(2)23-18-10-9-16(12-14(18)3)21-19(22)11-8-15-6-4-5-7-17(15)20/h4-7,9-10,12-13H,8,11,20H2,1-3H3,(H,21,22). The smallest absolute Gasteiger partial charge is 0.224 e. The highest BCUT2D eigenvalue weighted by Gasteiger charge is 2.07. The molecule has 0 saturated carbocycles. The number of para-hydroxylation sites is 1. The van der Waals surface area contributed by atoms with Crippen molar-refractivity contribution in [2.45, 2.75) is 39.7 Å². The van der Waals surface area contributed by atoms with Gasteiger partial charge in [0, 0.05) is 17.8 Å². The summed E-state index contributed by atoms with van der Waals surface area (Å²) in [6.45, 7) is 5.95.